The van der Waals surface area contributed by atoms with Crippen molar-refractivity contribution in [2.75, 3.05) is 4.90 Å². The molecule has 0 aliphatic carbocycles. The lowest BCUT2D eigenvalue weighted by Crippen LogP contribution is -2.23. The number of rotatable bonds is 6. The molecule has 25 heavy (non-hydrogen) atoms. The zero-order chi connectivity index (χ0) is 17.6. The Morgan fingerprint density at radius 2 is 1.28 bits per heavy atom. The van der Waals surface area contributed by atoms with Gasteiger partial charge in [0.15, 0.2) is 0 Å². The van der Waals surface area contributed by atoms with Gasteiger partial charge in [-0.15, -0.1) is 0 Å². The molecule has 0 aliphatic rings. The van der Waals surface area contributed by atoms with Gasteiger partial charge < -0.3 is 4.90 Å². The molecule has 0 fully saturated rings. The molecular formula is C24H27N. The van der Waals surface area contributed by atoms with Crippen LogP contribution in [0.5, 0.6) is 0 Å². The molecular weight excluding hydrogens is 302 g/mol. The second kappa shape index (κ2) is 8.02. The summed E-state index contributed by atoms with van der Waals surface area (Å²) in [6, 6.07) is 30.6. The van der Waals surface area contributed by atoms with Crippen molar-refractivity contribution in [2.45, 2.75) is 39.2 Å². The molecule has 0 aliphatic heterocycles. The molecule has 0 N–H and O–H groups in total. The fourth-order valence-corrected chi connectivity index (χ4v) is 3.38. The summed E-state index contributed by atoms with van der Waals surface area (Å²) in [4.78, 5) is 2.47. The van der Waals surface area contributed by atoms with Crippen LogP contribution in [0.3, 0.4) is 0 Å². The number of benzene rings is 3. The fraction of sp³-hybridized carbons (Fsp3) is 0.250. The SMILES string of the molecule is CCC(C)c1ccccc1N(c1ccccc1)C(C)c1ccccc1. The highest BCUT2D eigenvalue weighted by atomic mass is 15.2. The largest absolute Gasteiger partial charge is 0.334 e. The summed E-state index contributed by atoms with van der Waals surface area (Å²) in [5.41, 5.74) is 5.27. The Kier molecular flexibility index (Phi) is 5.55. The Hall–Kier alpha value is -2.54. The fourth-order valence-electron chi connectivity index (χ4n) is 3.38. The molecule has 0 bridgehead atoms. The molecule has 3 aromatic rings. The van der Waals surface area contributed by atoms with Gasteiger partial charge in [-0.25, -0.2) is 0 Å². The number of nitrogens with zero attached hydrogens (tertiary/aromatic N) is 1. The molecule has 1 nitrogen and oxygen atoms in total. The minimum absolute atomic E-state index is 0.258. The lowest BCUT2D eigenvalue weighted by Gasteiger charge is -2.34. The van der Waals surface area contributed by atoms with Crippen LogP contribution in [0.2, 0.25) is 0 Å². The maximum absolute atomic E-state index is 2.47. The first-order chi connectivity index (χ1) is 12.2. The van der Waals surface area contributed by atoms with E-state index in [1.54, 1.807) is 0 Å². The van der Waals surface area contributed by atoms with E-state index in [4.69, 9.17) is 0 Å². The van der Waals surface area contributed by atoms with E-state index in [9.17, 15) is 0 Å². The van der Waals surface area contributed by atoms with E-state index in [0.717, 1.165) is 6.42 Å². The standard InChI is InChI=1S/C24H27N/c1-4-19(2)23-17-11-12-18-24(23)25(22-15-9-6-10-16-22)20(3)21-13-7-5-8-14-21/h5-20H,4H2,1-3H3. The minimum Gasteiger partial charge on any atom is -0.334 e. The average Bonchev–Trinajstić information content (AvgIpc) is 2.69. The van der Waals surface area contributed by atoms with Crippen molar-refractivity contribution >= 4 is 11.4 Å². The van der Waals surface area contributed by atoms with Gasteiger partial charge in [-0.2, -0.15) is 0 Å². The van der Waals surface area contributed by atoms with E-state index < -0.39 is 0 Å². The molecule has 0 amide bonds. The van der Waals surface area contributed by atoms with Crippen LogP contribution in [0.25, 0.3) is 0 Å². The van der Waals surface area contributed by atoms with Crippen LogP contribution in [0, 0.1) is 0 Å². The monoisotopic (exact) mass is 329 g/mol. The number of para-hydroxylation sites is 2. The van der Waals surface area contributed by atoms with Gasteiger partial charge in [0.05, 0.1) is 6.04 Å². The predicted molar refractivity (Wildman–Crippen MR) is 109 cm³/mol. The van der Waals surface area contributed by atoms with Crippen molar-refractivity contribution in [1.82, 2.24) is 0 Å². The first-order valence-corrected chi connectivity index (χ1v) is 9.20. The van der Waals surface area contributed by atoms with Crippen LogP contribution in [0.4, 0.5) is 11.4 Å². The van der Waals surface area contributed by atoms with Crippen molar-refractivity contribution in [1.29, 1.82) is 0 Å². The molecule has 2 unspecified atom stereocenters. The summed E-state index contributed by atoms with van der Waals surface area (Å²) in [6.45, 7) is 6.86. The Morgan fingerprint density at radius 1 is 0.720 bits per heavy atom. The summed E-state index contributed by atoms with van der Waals surface area (Å²) in [7, 11) is 0. The summed E-state index contributed by atoms with van der Waals surface area (Å²) in [5.74, 6) is 0.533. The summed E-state index contributed by atoms with van der Waals surface area (Å²) < 4.78 is 0. The van der Waals surface area contributed by atoms with E-state index in [0.29, 0.717) is 5.92 Å². The van der Waals surface area contributed by atoms with Gasteiger partial charge in [-0.1, -0.05) is 80.6 Å². The molecule has 0 saturated heterocycles. The van der Waals surface area contributed by atoms with Crippen LogP contribution in [0.1, 0.15) is 50.3 Å². The number of hydrogen-bond donors (Lipinski definition) is 0. The molecule has 0 saturated carbocycles. The summed E-state index contributed by atoms with van der Waals surface area (Å²) >= 11 is 0. The average molecular weight is 329 g/mol. The topological polar surface area (TPSA) is 3.24 Å². The zero-order valence-corrected chi connectivity index (χ0v) is 15.4. The van der Waals surface area contributed by atoms with Crippen LogP contribution < -0.4 is 4.90 Å². The molecule has 0 spiro atoms. The molecule has 3 rings (SSSR count). The second-order valence-electron chi connectivity index (χ2n) is 6.66. The van der Waals surface area contributed by atoms with E-state index in [2.05, 4.69) is 111 Å². The highest BCUT2D eigenvalue weighted by Gasteiger charge is 2.22. The van der Waals surface area contributed by atoms with Crippen molar-refractivity contribution in [3.05, 3.63) is 96.1 Å². The number of hydrogen-bond acceptors (Lipinski definition) is 1. The van der Waals surface area contributed by atoms with E-state index in [1.807, 2.05) is 0 Å². The lowest BCUT2D eigenvalue weighted by molar-refractivity contribution is 0.714. The van der Waals surface area contributed by atoms with Crippen LogP contribution >= 0.6 is 0 Å². The van der Waals surface area contributed by atoms with E-state index in [-0.39, 0.29) is 6.04 Å². The van der Waals surface area contributed by atoms with Gasteiger partial charge >= 0.3 is 0 Å². The van der Waals surface area contributed by atoms with E-state index in [1.165, 1.54) is 22.5 Å². The molecule has 0 aromatic heterocycles. The quantitative estimate of drug-likeness (QED) is 0.466. The highest BCUT2D eigenvalue weighted by molar-refractivity contribution is 5.68. The van der Waals surface area contributed by atoms with Crippen molar-refractivity contribution in [3.8, 4) is 0 Å². The first kappa shape index (κ1) is 17.3. The highest BCUT2D eigenvalue weighted by Crippen LogP contribution is 2.39. The molecule has 1 heteroatoms. The normalized spacial score (nSPS) is 13.2. The van der Waals surface area contributed by atoms with Gasteiger partial charge in [0.25, 0.3) is 0 Å². The Morgan fingerprint density at radius 3 is 1.92 bits per heavy atom. The molecule has 0 heterocycles. The predicted octanol–water partition coefficient (Wildman–Crippen LogP) is 7.10. The van der Waals surface area contributed by atoms with Crippen molar-refractivity contribution in [2.24, 2.45) is 0 Å². The molecule has 0 radical (unpaired) electrons. The minimum atomic E-state index is 0.258. The van der Waals surface area contributed by atoms with Crippen LogP contribution in [-0.2, 0) is 0 Å². The van der Waals surface area contributed by atoms with Gasteiger partial charge in [-0.05, 0) is 48.6 Å². The molecule has 2 atom stereocenters. The van der Waals surface area contributed by atoms with Gasteiger partial charge in [0.2, 0.25) is 0 Å². The van der Waals surface area contributed by atoms with E-state index >= 15 is 0 Å². The Bertz CT molecular complexity index is 779. The maximum atomic E-state index is 2.47. The van der Waals surface area contributed by atoms with Crippen molar-refractivity contribution < 1.29 is 0 Å². The zero-order valence-electron chi connectivity index (χ0n) is 15.4. The van der Waals surface area contributed by atoms with Crippen molar-refractivity contribution in [3.63, 3.8) is 0 Å². The molecule has 3 aromatic carbocycles. The Labute approximate surface area is 151 Å². The smallest absolute Gasteiger partial charge is 0.0563 e. The van der Waals surface area contributed by atoms with Crippen LogP contribution in [0.15, 0.2) is 84.9 Å². The third-order valence-electron chi connectivity index (χ3n) is 5.04. The number of anilines is 2. The van der Waals surface area contributed by atoms with Gasteiger partial charge in [0, 0.05) is 11.4 Å². The summed E-state index contributed by atoms with van der Waals surface area (Å²) in [5, 5.41) is 0. The maximum Gasteiger partial charge on any atom is 0.0563 e. The van der Waals surface area contributed by atoms with Gasteiger partial charge in [-0.3, -0.25) is 0 Å². The Balaban J connectivity index is 2.13. The van der Waals surface area contributed by atoms with Gasteiger partial charge in [0.1, 0.15) is 0 Å². The third kappa shape index (κ3) is 3.76. The summed E-state index contributed by atoms with van der Waals surface area (Å²) in [6.07, 6.45) is 1.14. The lowest BCUT2D eigenvalue weighted by atomic mass is 9.94. The first-order valence-electron chi connectivity index (χ1n) is 9.20. The van der Waals surface area contributed by atoms with Crippen LogP contribution in [-0.4, -0.2) is 0 Å². The molecule has 128 valence electrons. The third-order valence-corrected chi connectivity index (χ3v) is 5.04. The second-order valence-corrected chi connectivity index (χ2v) is 6.66.